The number of carbonyl (C=O) groups excluding carboxylic acids is 2. The van der Waals surface area contributed by atoms with E-state index in [1.807, 2.05) is 45.0 Å². The molecule has 1 aromatic carbocycles. The Labute approximate surface area is 159 Å². The van der Waals surface area contributed by atoms with Crippen molar-refractivity contribution in [3.63, 3.8) is 0 Å². The lowest BCUT2D eigenvalue weighted by Gasteiger charge is -2.16. The van der Waals surface area contributed by atoms with Crippen LogP contribution < -0.4 is 20.9 Å². The van der Waals surface area contributed by atoms with Gasteiger partial charge in [-0.15, -0.1) is 11.3 Å². The van der Waals surface area contributed by atoms with Crippen LogP contribution in [0.25, 0.3) is 0 Å². The normalized spacial score (nSPS) is 11.7. The first-order valence-corrected chi connectivity index (χ1v) is 9.35. The molecule has 3 N–H and O–H groups in total. The number of hydrogen-bond donors (Lipinski definition) is 3. The van der Waals surface area contributed by atoms with Crippen LogP contribution in [-0.2, 0) is 0 Å². The predicted molar refractivity (Wildman–Crippen MR) is 102 cm³/mol. The lowest BCUT2D eigenvalue weighted by atomic mass is 10.1. The van der Waals surface area contributed by atoms with Gasteiger partial charge in [-0.25, -0.2) is 10.2 Å². The summed E-state index contributed by atoms with van der Waals surface area (Å²) in [7, 11) is 0. The van der Waals surface area contributed by atoms with Crippen molar-refractivity contribution in [2.75, 3.05) is 0 Å². The minimum atomic E-state index is -0.487. The van der Waals surface area contributed by atoms with Gasteiger partial charge in [0.2, 0.25) is 0 Å². The van der Waals surface area contributed by atoms with Crippen molar-refractivity contribution in [3.8, 4) is 5.75 Å². The minimum Gasteiger partial charge on any atom is -0.491 e. The molecule has 3 amide bonds. The third-order valence-electron chi connectivity index (χ3n) is 3.19. The molecule has 1 aromatic heterocycles. The second-order valence-electron chi connectivity index (χ2n) is 5.61. The van der Waals surface area contributed by atoms with Crippen LogP contribution in [0.2, 0.25) is 0 Å². The topological polar surface area (TPSA) is 79.5 Å². The lowest BCUT2D eigenvalue weighted by molar-refractivity contribution is 0.0940. The number of nitrogens with one attached hydrogen (secondary N) is 3. The summed E-state index contributed by atoms with van der Waals surface area (Å²) >= 11 is 4.57. The molecule has 0 aliphatic carbocycles. The molecule has 0 saturated carbocycles. The van der Waals surface area contributed by atoms with Crippen LogP contribution in [-0.4, -0.2) is 18.0 Å². The fourth-order valence-corrected chi connectivity index (χ4v) is 3.32. The summed E-state index contributed by atoms with van der Waals surface area (Å²) < 4.78 is 6.44. The van der Waals surface area contributed by atoms with E-state index in [9.17, 15) is 9.59 Å². The highest BCUT2D eigenvalue weighted by atomic mass is 79.9. The molecule has 0 fully saturated rings. The highest BCUT2D eigenvalue weighted by Gasteiger charge is 2.12. The number of amides is 3. The number of carbonyl (C=O) groups is 2. The summed E-state index contributed by atoms with van der Waals surface area (Å²) in [5, 5.41) is 2.76. The maximum absolute atomic E-state index is 11.9. The van der Waals surface area contributed by atoms with Crippen molar-refractivity contribution < 1.29 is 14.3 Å². The largest absolute Gasteiger partial charge is 0.491 e. The van der Waals surface area contributed by atoms with E-state index in [1.54, 1.807) is 12.1 Å². The number of rotatable bonds is 5. The molecule has 1 atom stereocenters. The Morgan fingerprint density at radius 3 is 2.28 bits per heavy atom. The van der Waals surface area contributed by atoms with Crippen LogP contribution in [0, 0.1) is 0 Å². The zero-order valence-electron chi connectivity index (χ0n) is 14.1. The summed E-state index contributed by atoms with van der Waals surface area (Å²) in [5.41, 5.74) is 5.64. The first kappa shape index (κ1) is 19.3. The Hall–Kier alpha value is -2.06. The second kappa shape index (κ2) is 8.87. The molecular weight excluding hydrogens is 406 g/mol. The van der Waals surface area contributed by atoms with E-state index in [-0.39, 0.29) is 18.1 Å². The van der Waals surface area contributed by atoms with Gasteiger partial charge in [0.15, 0.2) is 0 Å². The summed E-state index contributed by atoms with van der Waals surface area (Å²) in [6.07, 6.45) is 0.111. The number of ether oxygens (including phenoxy) is 1. The van der Waals surface area contributed by atoms with Gasteiger partial charge in [-0.05, 0) is 66.5 Å². The summed E-state index contributed by atoms with van der Waals surface area (Å²) in [6, 6.07) is 10.2. The monoisotopic (exact) mass is 425 g/mol. The van der Waals surface area contributed by atoms with E-state index in [0.29, 0.717) is 4.88 Å². The van der Waals surface area contributed by atoms with E-state index in [4.69, 9.17) is 4.74 Å². The van der Waals surface area contributed by atoms with Gasteiger partial charge >= 0.3 is 6.03 Å². The van der Waals surface area contributed by atoms with Gasteiger partial charge in [0.05, 0.1) is 20.8 Å². The van der Waals surface area contributed by atoms with Crippen molar-refractivity contribution in [1.29, 1.82) is 0 Å². The SMILES string of the molecule is CC(C)Oc1ccc(C(C)NC(=O)NNC(=O)c2ccc(Br)s2)cc1. The lowest BCUT2D eigenvalue weighted by Crippen LogP contribution is -2.47. The van der Waals surface area contributed by atoms with Gasteiger partial charge < -0.3 is 10.1 Å². The molecule has 1 unspecified atom stereocenters. The Balaban J connectivity index is 1.82. The number of hydrazine groups is 1. The Bertz CT molecular complexity index is 731. The average Bonchev–Trinajstić information content (AvgIpc) is 2.99. The van der Waals surface area contributed by atoms with Crippen molar-refractivity contribution in [2.45, 2.75) is 32.9 Å². The van der Waals surface area contributed by atoms with E-state index >= 15 is 0 Å². The molecular formula is C17H20BrN3O3S. The molecule has 0 saturated heterocycles. The Morgan fingerprint density at radius 1 is 1.04 bits per heavy atom. The van der Waals surface area contributed by atoms with Crippen molar-refractivity contribution in [2.24, 2.45) is 0 Å². The molecule has 8 heteroatoms. The minimum absolute atomic E-state index is 0.111. The van der Waals surface area contributed by atoms with Crippen LogP contribution in [0.5, 0.6) is 5.75 Å². The number of urea groups is 1. The fourth-order valence-electron chi connectivity index (χ4n) is 2.03. The van der Waals surface area contributed by atoms with Crippen molar-refractivity contribution in [3.05, 3.63) is 50.6 Å². The fraction of sp³-hybridized carbons (Fsp3) is 0.294. The van der Waals surface area contributed by atoms with E-state index in [0.717, 1.165) is 15.1 Å². The number of halogens is 1. The molecule has 0 aliphatic rings. The van der Waals surface area contributed by atoms with Gasteiger partial charge in [-0.1, -0.05) is 12.1 Å². The van der Waals surface area contributed by atoms with E-state index < -0.39 is 6.03 Å². The number of hydrogen-bond acceptors (Lipinski definition) is 4. The van der Waals surface area contributed by atoms with Gasteiger partial charge in [0.25, 0.3) is 5.91 Å². The Morgan fingerprint density at radius 2 is 1.72 bits per heavy atom. The van der Waals surface area contributed by atoms with Crippen LogP contribution in [0.4, 0.5) is 4.79 Å². The highest BCUT2D eigenvalue weighted by molar-refractivity contribution is 9.11. The summed E-state index contributed by atoms with van der Waals surface area (Å²) in [6.45, 7) is 5.79. The van der Waals surface area contributed by atoms with Crippen molar-refractivity contribution >= 4 is 39.2 Å². The molecule has 0 radical (unpaired) electrons. The van der Waals surface area contributed by atoms with Crippen LogP contribution in [0.3, 0.4) is 0 Å². The summed E-state index contributed by atoms with van der Waals surface area (Å²) in [5.74, 6) is 0.415. The first-order valence-electron chi connectivity index (χ1n) is 7.74. The smallest absolute Gasteiger partial charge is 0.333 e. The van der Waals surface area contributed by atoms with Crippen LogP contribution >= 0.6 is 27.3 Å². The zero-order chi connectivity index (χ0) is 18.4. The number of thiophene rings is 1. The third-order valence-corrected chi connectivity index (χ3v) is 4.81. The highest BCUT2D eigenvalue weighted by Crippen LogP contribution is 2.21. The summed E-state index contributed by atoms with van der Waals surface area (Å²) in [4.78, 5) is 24.3. The van der Waals surface area contributed by atoms with Gasteiger partial charge in [0, 0.05) is 0 Å². The van der Waals surface area contributed by atoms with Gasteiger partial charge in [0.1, 0.15) is 5.75 Å². The predicted octanol–water partition coefficient (Wildman–Crippen LogP) is 4.00. The van der Waals surface area contributed by atoms with Crippen molar-refractivity contribution in [1.82, 2.24) is 16.2 Å². The molecule has 6 nitrogen and oxygen atoms in total. The maximum Gasteiger partial charge on any atom is 0.333 e. The maximum atomic E-state index is 11.9. The first-order chi connectivity index (χ1) is 11.8. The molecule has 0 spiro atoms. The van der Waals surface area contributed by atoms with Crippen LogP contribution in [0.15, 0.2) is 40.2 Å². The van der Waals surface area contributed by atoms with Gasteiger partial charge in [-0.2, -0.15) is 0 Å². The Kier molecular flexibility index (Phi) is 6.83. The molecule has 134 valence electrons. The third kappa shape index (κ3) is 6.06. The molecule has 2 rings (SSSR count). The molecule has 0 aliphatic heterocycles. The number of benzene rings is 1. The average molecular weight is 426 g/mol. The van der Waals surface area contributed by atoms with Gasteiger partial charge in [-0.3, -0.25) is 10.2 Å². The molecule has 25 heavy (non-hydrogen) atoms. The second-order valence-corrected chi connectivity index (χ2v) is 8.08. The molecule has 1 heterocycles. The molecule has 0 bridgehead atoms. The van der Waals surface area contributed by atoms with Crippen LogP contribution in [0.1, 0.15) is 42.0 Å². The standard InChI is InChI=1S/C17H20BrN3O3S/c1-10(2)24-13-6-4-12(5-7-13)11(3)19-17(23)21-20-16(22)14-8-9-15(18)25-14/h4-11H,1-3H3,(H,20,22)(H2,19,21,23). The van der Waals surface area contributed by atoms with E-state index in [1.165, 1.54) is 11.3 Å². The van der Waals surface area contributed by atoms with E-state index in [2.05, 4.69) is 32.1 Å². The zero-order valence-corrected chi connectivity index (χ0v) is 16.5. The quantitative estimate of drug-likeness (QED) is 0.633. The molecule has 2 aromatic rings.